The van der Waals surface area contributed by atoms with Gasteiger partial charge < -0.3 is 28.8 Å². The number of hydrogen-bond acceptors (Lipinski definition) is 7. The minimum absolute atomic E-state index is 0.159. The van der Waals surface area contributed by atoms with Crippen molar-refractivity contribution in [2.75, 3.05) is 35.0 Å². The Balaban J connectivity index is 1.83. The summed E-state index contributed by atoms with van der Waals surface area (Å²) in [6.07, 6.45) is -0.458. The summed E-state index contributed by atoms with van der Waals surface area (Å²) in [6.45, 7) is 0.159. The van der Waals surface area contributed by atoms with Gasteiger partial charge in [-0.1, -0.05) is 12.1 Å². The third kappa shape index (κ3) is 4.24. The van der Waals surface area contributed by atoms with Crippen LogP contribution in [0.5, 0.6) is 23.0 Å². The molecule has 1 fully saturated rings. The summed E-state index contributed by atoms with van der Waals surface area (Å²) in [5, 5.41) is 11.0. The number of benzene rings is 2. The lowest BCUT2D eigenvalue weighted by molar-refractivity contribution is -0.141. The molecule has 3 rings (SSSR count). The largest absolute Gasteiger partial charge is 0.493 e. The normalized spacial score (nSPS) is 19.4. The van der Waals surface area contributed by atoms with Crippen molar-refractivity contribution in [3.8, 4) is 23.0 Å². The fourth-order valence-electron chi connectivity index (χ4n) is 3.67. The Kier molecular flexibility index (Phi) is 6.49. The molecule has 0 amide bonds. The quantitative estimate of drug-likeness (QED) is 0.680. The molecular formula is C22H26O7. The van der Waals surface area contributed by atoms with E-state index in [0.717, 1.165) is 5.56 Å². The second-order valence-electron chi connectivity index (χ2n) is 6.85. The van der Waals surface area contributed by atoms with E-state index in [-0.39, 0.29) is 18.5 Å². The molecule has 0 unspecified atom stereocenters. The lowest BCUT2D eigenvalue weighted by Crippen LogP contribution is -2.24. The molecule has 0 aromatic heterocycles. The number of carbonyl (C=O) groups is 1. The van der Waals surface area contributed by atoms with Gasteiger partial charge in [0.2, 0.25) is 0 Å². The number of methoxy groups -OCH3 is 4. The van der Waals surface area contributed by atoms with E-state index in [0.29, 0.717) is 35.0 Å². The summed E-state index contributed by atoms with van der Waals surface area (Å²) in [4.78, 5) is 12.4. The van der Waals surface area contributed by atoms with Gasteiger partial charge in [0.25, 0.3) is 0 Å². The summed E-state index contributed by atoms with van der Waals surface area (Å²) in [5.74, 6) is 1.13. The molecule has 29 heavy (non-hydrogen) atoms. The Morgan fingerprint density at radius 1 is 0.931 bits per heavy atom. The Labute approximate surface area is 170 Å². The Morgan fingerprint density at radius 2 is 1.52 bits per heavy atom. The number of esters is 1. The maximum atomic E-state index is 12.4. The molecule has 7 nitrogen and oxygen atoms in total. The van der Waals surface area contributed by atoms with Crippen LogP contribution in [0.15, 0.2) is 36.4 Å². The number of aliphatic hydroxyl groups is 1. The van der Waals surface area contributed by atoms with Gasteiger partial charge >= 0.3 is 5.97 Å². The Morgan fingerprint density at radius 3 is 2.14 bits per heavy atom. The van der Waals surface area contributed by atoms with E-state index in [9.17, 15) is 9.90 Å². The predicted molar refractivity (Wildman–Crippen MR) is 106 cm³/mol. The van der Waals surface area contributed by atoms with Crippen LogP contribution >= 0.6 is 0 Å². The molecule has 7 heteroatoms. The molecule has 1 heterocycles. The van der Waals surface area contributed by atoms with Crippen molar-refractivity contribution in [1.29, 1.82) is 0 Å². The molecule has 1 aliphatic rings. The van der Waals surface area contributed by atoms with Crippen molar-refractivity contribution in [2.24, 2.45) is 11.8 Å². The number of aliphatic hydroxyl groups excluding tert-OH is 1. The molecule has 1 saturated heterocycles. The van der Waals surface area contributed by atoms with Gasteiger partial charge in [-0.2, -0.15) is 0 Å². The fraction of sp³-hybridized carbons (Fsp3) is 0.409. The third-order valence-electron chi connectivity index (χ3n) is 5.30. The van der Waals surface area contributed by atoms with E-state index < -0.39 is 12.0 Å². The maximum absolute atomic E-state index is 12.4. The zero-order valence-electron chi connectivity index (χ0n) is 17.0. The first kappa shape index (κ1) is 20.8. The van der Waals surface area contributed by atoms with Gasteiger partial charge in [-0.3, -0.25) is 4.79 Å². The first-order valence-electron chi connectivity index (χ1n) is 9.29. The van der Waals surface area contributed by atoms with E-state index in [1.54, 1.807) is 45.6 Å². The van der Waals surface area contributed by atoms with Crippen LogP contribution in [0, 0.1) is 11.8 Å². The average molecular weight is 402 g/mol. The van der Waals surface area contributed by atoms with Crippen LogP contribution in [-0.4, -0.2) is 46.1 Å². The van der Waals surface area contributed by atoms with Crippen molar-refractivity contribution >= 4 is 5.97 Å². The first-order valence-corrected chi connectivity index (χ1v) is 9.29. The second kappa shape index (κ2) is 9.05. The van der Waals surface area contributed by atoms with Crippen LogP contribution in [0.3, 0.4) is 0 Å². The Bertz CT molecular complexity index is 864. The van der Waals surface area contributed by atoms with Gasteiger partial charge in [0.05, 0.1) is 47.1 Å². The topological polar surface area (TPSA) is 83.5 Å². The van der Waals surface area contributed by atoms with Gasteiger partial charge in [-0.05, 0) is 41.8 Å². The second-order valence-corrected chi connectivity index (χ2v) is 6.85. The summed E-state index contributed by atoms with van der Waals surface area (Å²) < 4.78 is 26.5. The zero-order valence-corrected chi connectivity index (χ0v) is 17.0. The van der Waals surface area contributed by atoms with Crippen molar-refractivity contribution in [2.45, 2.75) is 12.5 Å². The summed E-state index contributed by atoms with van der Waals surface area (Å²) in [7, 11) is 6.23. The van der Waals surface area contributed by atoms with Gasteiger partial charge in [0.1, 0.15) is 0 Å². The number of ether oxygens (including phenoxy) is 5. The minimum Gasteiger partial charge on any atom is -0.493 e. The lowest BCUT2D eigenvalue weighted by atomic mass is 9.83. The van der Waals surface area contributed by atoms with E-state index in [4.69, 9.17) is 23.7 Å². The highest BCUT2D eigenvalue weighted by atomic mass is 16.5. The number of hydrogen-bond donors (Lipinski definition) is 1. The molecule has 0 spiro atoms. The van der Waals surface area contributed by atoms with Crippen LogP contribution in [0.4, 0.5) is 0 Å². The number of cyclic esters (lactones) is 1. The molecule has 0 radical (unpaired) electrons. The highest BCUT2D eigenvalue weighted by Crippen LogP contribution is 2.39. The molecule has 0 bridgehead atoms. The van der Waals surface area contributed by atoms with Crippen LogP contribution in [-0.2, 0) is 16.0 Å². The van der Waals surface area contributed by atoms with E-state index in [1.807, 2.05) is 12.1 Å². The van der Waals surface area contributed by atoms with E-state index in [2.05, 4.69) is 0 Å². The van der Waals surface area contributed by atoms with Gasteiger partial charge in [0.15, 0.2) is 23.0 Å². The SMILES string of the molecule is COc1ccc(C[C@H]2C(=O)OC[C@@H]2[C@@H](O)c2ccc(OC)c(OC)c2)cc1OC. The van der Waals surface area contributed by atoms with Crippen LogP contribution in [0.1, 0.15) is 17.2 Å². The van der Waals surface area contributed by atoms with Crippen LogP contribution in [0.25, 0.3) is 0 Å². The standard InChI is InChI=1S/C22H26O7/c1-25-17-7-5-13(10-19(17)27-3)9-15-16(12-29-22(15)24)21(23)14-6-8-18(26-2)20(11-14)28-4/h5-8,10-11,15-16,21,23H,9,12H2,1-4H3/t15-,16+,21+/m1/s1. The monoisotopic (exact) mass is 402 g/mol. The molecule has 1 N–H and O–H groups in total. The first-order chi connectivity index (χ1) is 14.0. The van der Waals surface area contributed by atoms with Crippen molar-refractivity contribution in [1.82, 2.24) is 0 Å². The molecule has 2 aromatic carbocycles. The van der Waals surface area contributed by atoms with Crippen molar-refractivity contribution in [3.63, 3.8) is 0 Å². The van der Waals surface area contributed by atoms with E-state index in [1.165, 1.54) is 7.11 Å². The third-order valence-corrected chi connectivity index (χ3v) is 5.30. The molecule has 2 aromatic rings. The lowest BCUT2D eigenvalue weighted by Gasteiger charge is -2.22. The fourth-order valence-corrected chi connectivity index (χ4v) is 3.67. The minimum atomic E-state index is -0.883. The maximum Gasteiger partial charge on any atom is 0.309 e. The summed E-state index contributed by atoms with van der Waals surface area (Å²) in [6, 6.07) is 10.7. The number of rotatable bonds is 8. The highest BCUT2D eigenvalue weighted by molar-refractivity contribution is 5.75. The average Bonchev–Trinajstić information content (AvgIpc) is 3.12. The molecule has 0 saturated carbocycles. The van der Waals surface area contributed by atoms with Gasteiger partial charge in [-0.15, -0.1) is 0 Å². The summed E-state index contributed by atoms with van der Waals surface area (Å²) in [5.41, 5.74) is 1.54. The Hall–Kier alpha value is -2.93. The summed E-state index contributed by atoms with van der Waals surface area (Å²) >= 11 is 0. The highest BCUT2D eigenvalue weighted by Gasteiger charge is 2.41. The predicted octanol–water partition coefficient (Wildman–Crippen LogP) is 2.79. The zero-order chi connectivity index (χ0) is 21.0. The number of carbonyl (C=O) groups excluding carboxylic acids is 1. The van der Waals surface area contributed by atoms with Crippen LogP contribution < -0.4 is 18.9 Å². The molecule has 3 atom stereocenters. The smallest absolute Gasteiger partial charge is 0.309 e. The van der Waals surface area contributed by atoms with Crippen molar-refractivity contribution in [3.05, 3.63) is 47.5 Å². The van der Waals surface area contributed by atoms with Crippen LogP contribution in [0.2, 0.25) is 0 Å². The molecular weight excluding hydrogens is 376 g/mol. The van der Waals surface area contributed by atoms with E-state index >= 15 is 0 Å². The van der Waals surface area contributed by atoms with Gasteiger partial charge in [0, 0.05) is 5.92 Å². The molecule has 156 valence electrons. The molecule has 0 aliphatic carbocycles. The molecule has 1 aliphatic heterocycles. The van der Waals surface area contributed by atoms with Crippen molar-refractivity contribution < 1.29 is 33.6 Å². The van der Waals surface area contributed by atoms with Gasteiger partial charge in [-0.25, -0.2) is 0 Å².